The molecule has 0 spiro atoms. The zero-order valence-electron chi connectivity index (χ0n) is 17.2. The van der Waals surface area contributed by atoms with Crippen LogP contribution in [0.15, 0.2) is 66.7 Å². The van der Waals surface area contributed by atoms with Crippen LogP contribution in [0, 0.1) is 0 Å². The number of anilines is 4. The quantitative estimate of drug-likeness (QED) is 0.615. The molecule has 0 aliphatic carbocycles. The van der Waals surface area contributed by atoms with Crippen molar-refractivity contribution < 1.29 is 9.59 Å². The first-order valence-corrected chi connectivity index (χ1v) is 10.3. The number of halogens is 1. The van der Waals surface area contributed by atoms with Crippen molar-refractivity contribution in [3.05, 3.63) is 77.4 Å². The molecule has 0 saturated heterocycles. The van der Waals surface area contributed by atoms with E-state index in [0.29, 0.717) is 27.9 Å². The van der Waals surface area contributed by atoms with Crippen LogP contribution in [0.1, 0.15) is 12.6 Å². The van der Waals surface area contributed by atoms with Gasteiger partial charge in [0.05, 0.1) is 29.7 Å². The van der Waals surface area contributed by atoms with Gasteiger partial charge in [0, 0.05) is 10.7 Å². The maximum absolute atomic E-state index is 13.5. The first-order valence-electron chi connectivity index (χ1n) is 9.88. The van der Waals surface area contributed by atoms with Gasteiger partial charge in [-0.25, -0.2) is 9.78 Å². The molecule has 0 radical (unpaired) electrons. The number of hydrogen-bond acceptors (Lipinski definition) is 4. The van der Waals surface area contributed by atoms with Crippen molar-refractivity contribution >= 4 is 46.4 Å². The normalized spacial score (nSPS) is 14.2. The van der Waals surface area contributed by atoms with Gasteiger partial charge in [-0.3, -0.25) is 14.6 Å². The molecular formula is C23H22ClN5O2. The highest BCUT2D eigenvalue weighted by Gasteiger charge is 2.33. The standard InChI is InChI=1S/C23H22ClN5O2/c1-15(25-2)22(30)27-21-13-12-20-19(26-21)14-28(17-6-4-3-5-7-17)23(31)29(20)18-10-8-16(24)9-11-18/h3-13,15,25H,14H2,1-2H3,(H,26,27,30)/t15-/m0/s1. The molecule has 2 N–H and O–H groups in total. The van der Waals surface area contributed by atoms with Crippen LogP contribution in [-0.4, -0.2) is 30.0 Å². The minimum atomic E-state index is -0.356. The summed E-state index contributed by atoms with van der Waals surface area (Å²) in [5.74, 6) is 0.251. The molecule has 31 heavy (non-hydrogen) atoms. The van der Waals surface area contributed by atoms with Crippen LogP contribution in [0.4, 0.5) is 27.7 Å². The summed E-state index contributed by atoms with van der Waals surface area (Å²) in [6.45, 7) is 2.05. The molecule has 1 aromatic heterocycles. The molecule has 1 atom stereocenters. The number of rotatable bonds is 5. The van der Waals surface area contributed by atoms with Crippen molar-refractivity contribution in [3.8, 4) is 0 Å². The van der Waals surface area contributed by atoms with Crippen LogP contribution in [0.5, 0.6) is 0 Å². The second-order valence-electron chi connectivity index (χ2n) is 7.18. The predicted molar refractivity (Wildman–Crippen MR) is 123 cm³/mol. The maximum atomic E-state index is 13.5. The van der Waals surface area contributed by atoms with Crippen LogP contribution in [0.3, 0.4) is 0 Å². The van der Waals surface area contributed by atoms with E-state index in [0.717, 1.165) is 5.69 Å². The van der Waals surface area contributed by atoms with Gasteiger partial charge in [0.25, 0.3) is 0 Å². The van der Waals surface area contributed by atoms with Crippen molar-refractivity contribution in [1.82, 2.24) is 10.3 Å². The lowest BCUT2D eigenvalue weighted by molar-refractivity contribution is -0.117. The van der Waals surface area contributed by atoms with E-state index in [1.165, 1.54) is 0 Å². The van der Waals surface area contributed by atoms with Crippen molar-refractivity contribution in [3.63, 3.8) is 0 Å². The van der Waals surface area contributed by atoms with Crippen molar-refractivity contribution in [2.24, 2.45) is 0 Å². The third-order valence-corrected chi connectivity index (χ3v) is 5.40. The molecule has 3 aromatic rings. The monoisotopic (exact) mass is 435 g/mol. The van der Waals surface area contributed by atoms with Gasteiger partial charge in [0.2, 0.25) is 5.91 Å². The molecular weight excluding hydrogens is 414 g/mol. The second kappa shape index (κ2) is 8.75. The molecule has 158 valence electrons. The summed E-state index contributed by atoms with van der Waals surface area (Å²) in [4.78, 5) is 33.7. The van der Waals surface area contributed by atoms with Gasteiger partial charge < -0.3 is 10.6 Å². The third kappa shape index (κ3) is 4.23. The molecule has 1 aliphatic rings. The summed E-state index contributed by atoms with van der Waals surface area (Å²) in [6, 6.07) is 19.5. The first-order chi connectivity index (χ1) is 15.0. The number of nitrogens with one attached hydrogen (secondary N) is 2. The number of urea groups is 1. The van der Waals surface area contributed by atoms with Gasteiger partial charge in [0.1, 0.15) is 5.82 Å². The average Bonchev–Trinajstić information content (AvgIpc) is 2.79. The van der Waals surface area contributed by atoms with E-state index in [1.807, 2.05) is 30.3 Å². The molecule has 3 amide bonds. The Hall–Kier alpha value is -3.42. The largest absolute Gasteiger partial charge is 0.334 e. The Morgan fingerprint density at radius 2 is 1.74 bits per heavy atom. The minimum Gasteiger partial charge on any atom is -0.309 e. The number of nitrogens with zero attached hydrogens (tertiary/aromatic N) is 3. The number of likely N-dealkylation sites (N-methyl/N-ethyl adjacent to an activating group) is 1. The first kappa shape index (κ1) is 20.8. The number of fused-ring (bicyclic) bond motifs is 1. The third-order valence-electron chi connectivity index (χ3n) is 5.15. The van der Waals surface area contributed by atoms with Gasteiger partial charge in [-0.1, -0.05) is 29.8 Å². The van der Waals surface area contributed by atoms with E-state index >= 15 is 0 Å². The van der Waals surface area contributed by atoms with Gasteiger partial charge in [-0.2, -0.15) is 0 Å². The Kier molecular flexibility index (Phi) is 5.88. The average molecular weight is 436 g/mol. The fraction of sp³-hybridized carbons (Fsp3) is 0.174. The number of para-hydroxylation sites is 1. The van der Waals surface area contributed by atoms with E-state index in [4.69, 9.17) is 11.6 Å². The molecule has 0 fully saturated rings. The number of hydrogen-bond donors (Lipinski definition) is 2. The summed E-state index contributed by atoms with van der Waals surface area (Å²) in [7, 11) is 1.72. The Labute approximate surface area is 185 Å². The molecule has 2 heterocycles. The van der Waals surface area contributed by atoms with Crippen LogP contribution in [0.2, 0.25) is 5.02 Å². The van der Waals surface area contributed by atoms with Crippen LogP contribution < -0.4 is 20.4 Å². The van der Waals surface area contributed by atoms with Gasteiger partial charge in [0.15, 0.2) is 0 Å². The lowest BCUT2D eigenvalue weighted by atomic mass is 10.1. The van der Waals surface area contributed by atoms with Crippen molar-refractivity contribution in [2.45, 2.75) is 19.5 Å². The molecule has 0 unspecified atom stereocenters. The van der Waals surface area contributed by atoms with Gasteiger partial charge >= 0.3 is 6.03 Å². The number of amides is 3. The van der Waals surface area contributed by atoms with Crippen LogP contribution in [0.25, 0.3) is 0 Å². The smallest absolute Gasteiger partial charge is 0.309 e. The lowest BCUT2D eigenvalue weighted by Crippen LogP contribution is -2.45. The van der Waals surface area contributed by atoms with E-state index in [1.54, 1.807) is 60.2 Å². The zero-order chi connectivity index (χ0) is 22.0. The van der Waals surface area contributed by atoms with E-state index in [9.17, 15) is 9.59 Å². The Bertz CT molecular complexity index is 1100. The summed E-state index contributed by atoms with van der Waals surface area (Å²) in [6.07, 6.45) is 0. The fourth-order valence-corrected chi connectivity index (χ4v) is 3.47. The highest BCUT2D eigenvalue weighted by atomic mass is 35.5. The Balaban J connectivity index is 1.76. The maximum Gasteiger partial charge on any atom is 0.334 e. The summed E-state index contributed by atoms with van der Waals surface area (Å²) in [5, 5.41) is 6.31. The second-order valence-corrected chi connectivity index (χ2v) is 7.61. The summed E-state index contributed by atoms with van der Waals surface area (Å²) < 4.78 is 0. The van der Waals surface area contributed by atoms with E-state index in [-0.39, 0.29) is 24.5 Å². The molecule has 0 saturated carbocycles. The van der Waals surface area contributed by atoms with Crippen LogP contribution >= 0.6 is 11.6 Å². The molecule has 1 aliphatic heterocycles. The summed E-state index contributed by atoms with van der Waals surface area (Å²) >= 11 is 6.05. The van der Waals surface area contributed by atoms with Gasteiger partial charge in [-0.15, -0.1) is 0 Å². The number of carbonyl (C=O) groups is 2. The topological polar surface area (TPSA) is 77.6 Å². The van der Waals surface area contributed by atoms with Crippen molar-refractivity contribution in [2.75, 3.05) is 22.2 Å². The minimum absolute atomic E-state index is 0.184. The Morgan fingerprint density at radius 3 is 2.42 bits per heavy atom. The summed E-state index contributed by atoms with van der Waals surface area (Å²) in [5.41, 5.74) is 2.78. The van der Waals surface area contributed by atoms with Crippen molar-refractivity contribution in [1.29, 1.82) is 0 Å². The lowest BCUT2D eigenvalue weighted by Gasteiger charge is -2.36. The molecule has 0 bridgehead atoms. The molecule has 4 rings (SSSR count). The van der Waals surface area contributed by atoms with E-state index < -0.39 is 0 Å². The predicted octanol–water partition coefficient (Wildman–Crippen LogP) is 4.56. The highest BCUT2D eigenvalue weighted by Crippen LogP contribution is 2.37. The number of benzene rings is 2. The number of aromatic nitrogens is 1. The molecule has 7 nitrogen and oxygen atoms in total. The number of carbonyl (C=O) groups excluding carboxylic acids is 2. The highest BCUT2D eigenvalue weighted by molar-refractivity contribution is 6.30. The molecule has 8 heteroatoms. The molecule has 2 aromatic carbocycles. The Morgan fingerprint density at radius 1 is 1.03 bits per heavy atom. The SMILES string of the molecule is CN[C@@H](C)C(=O)Nc1ccc2c(n1)CN(c1ccccc1)C(=O)N2c1ccc(Cl)cc1. The number of pyridine rings is 1. The van der Waals surface area contributed by atoms with E-state index in [2.05, 4.69) is 15.6 Å². The zero-order valence-corrected chi connectivity index (χ0v) is 17.9. The van der Waals surface area contributed by atoms with Gasteiger partial charge in [-0.05, 0) is 62.5 Å². The fourth-order valence-electron chi connectivity index (χ4n) is 3.34. The van der Waals surface area contributed by atoms with Crippen LogP contribution in [-0.2, 0) is 11.3 Å².